The van der Waals surface area contributed by atoms with E-state index in [0.717, 1.165) is 43.6 Å². The van der Waals surface area contributed by atoms with Gasteiger partial charge in [0.15, 0.2) is 5.69 Å². The van der Waals surface area contributed by atoms with Gasteiger partial charge in [-0.3, -0.25) is 14.8 Å². The molecule has 1 fully saturated rings. The Bertz CT molecular complexity index is 1370. The van der Waals surface area contributed by atoms with Gasteiger partial charge >= 0.3 is 0 Å². The lowest BCUT2D eigenvalue weighted by atomic mass is 10.1. The average Bonchev–Trinajstić information content (AvgIpc) is 3.23. The van der Waals surface area contributed by atoms with Crippen molar-refractivity contribution in [1.82, 2.24) is 20.0 Å². The largest absolute Gasteiger partial charge is 0.314 e. The van der Waals surface area contributed by atoms with Crippen LogP contribution < -0.4 is 5.43 Å². The summed E-state index contributed by atoms with van der Waals surface area (Å²) in [6, 6.07) is 12.7. The van der Waals surface area contributed by atoms with E-state index in [1.54, 1.807) is 18.2 Å². The van der Waals surface area contributed by atoms with Gasteiger partial charge in [-0.15, -0.1) is 10.1 Å². The van der Waals surface area contributed by atoms with Gasteiger partial charge in [0.1, 0.15) is 5.82 Å². The third kappa shape index (κ3) is 6.84. The Labute approximate surface area is 230 Å². The summed E-state index contributed by atoms with van der Waals surface area (Å²) in [7, 11) is 0. The van der Waals surface area contributed by atoms with Crippen LogP contribution in [-0.2, 0) is 4.84 Å². The molecule has 1 amide bonds. The first-order valence-electron chi connectivity index (χ1n) is 12.3. The number of rotatable bonds is 8. The number of amides is 1. The average molecular weight is 556 g/mol. The maximum atomic E-state index is 13.2. The van der Waals surface area contributed by atoms with E-state index < -0.39 is 5.09 Å². The Morgan fingerprint density at radius 1 is 1.16 bits per heavy atom. The van der Waals surface area contributed by atoms with Crippen molar-refractivity contribution in [2.45, 2.75) is 39.0 Å². The molecule has 2 aromatic carbocycles. The molecule has 38 heavy (non-hydrogen) atoms. The lowest BCUT2D eigenvalue weighted by Gasteiger charge is -2.26. The zero-order valence-corrected chi connectivity index (χ0v) is 22.4. The molecule has 1 aliphatic rings. The van der Waals surface area contributed by atoms with Gasteiger partial charge in [0.2, 0.25) is 0 Å². The van der Waals surface area contributed by atoms with Crippen LogP contribution in [0, 0.1) is 28.9 Å². The molecule has 4 rings (SSSR count). The molecule has 0 radical (unpaired) electrons. The Morgan fingerprint density at radius 2 is 1.89 bits per heavy atom. The molecule has 0 atom stereocenters. The molecule has 0 bridgehead atoms. The molecule has 2 heterocycles. The SMILES string of the molecule is Cc1c(C(=O)NN2CCCCC2)nc(-c2ccc(Cl)cc2Cl)n1-c1ccc(C#CCCCO[N+](=O)[O-])cc1. The van der Waals surface area contributed by atoms with Crippen molar-refractivity contribution < 1.29 is 14.7 Å². The van der Waals surface area contributed by atoms with E-state index in [0.29, 0.717) is 45.7 Å². The number of benzene rings is 2. The zero-order chi connectivity index (χ0) is 27.1. The summed E-state index contributed by atoms with van der Waals surface area (Å²) in [5, 5.41) is 12.3. The molecule has 0 saturated carbocycles. The molecule has 11 heteroatoms. The molecular formula is C27H27Cl2N5O4. The number of carbonyl (C=O) groups is 1. The highest BCUT2D eigenvalue weighted by molar-refractivity contribution is 6.36. The standard InChI is InChI=1S/C27H27Cl2N5O4/c1-19-25(27(35)31-32-15-5-3-6-16-32)30-26(23-14-11-21(28)18-24(23)29)33(19)22-12-9-20(10-13-22)8-4-2-7-17-38-34(36)37/h9-14,18H,2-3,5-7,15-17H2,1H3,(H,31,35). The number of imidazole rings is 1. The van der Waals surface area contributed by atoms with E-state index in [4.69, 9.17) is 28.2 Å². The summed E-state index contributed by atoms with van der Waals surface area (Å²) in [5.74, 6) is 6.31. The van der Waals surface area contributed by atoms with Crippen molar-refractivity contribution in [3.8, 4) is 28.9 Å². The molecule has 9 nitrogen and oxygen atoms in total. The number of hydrogen-bond donors (Lipinski definition) is 1. The van der Waals surface area contributed by atoms with Gasteiger partial charge in [0.25, 0.3) is 11.0 Å². The summed E-state index contributed by atoms with van der Waals surface area (Å²) in [4.78, 5) is 32.5. The predicted molar refractivity (Wildman–Crippen MR) is 146 cm³/mol. The second-order valence-corrected chi connectivity index (χ2v) is 9.67. The van der Waals surface area contributed by atoms with E-state index in [1.807, 2.05) is 40.8 Å². The molecular weight excluding hydrogens is 529 g/mol. The number of carbonyl (C=O) groups excluding carboxylic acids is 1. The number of nitrogens with zero attached hydrogens (tertiary/aromatic N) is 4. The Morgan fingerprint density at radius 3 is 2.58 bits per heavy atom. The minimum Gasteiger partial charge on any atom is -0.314 e. The zero-order valence-electron chi connectivity index (χ0n) is 20.9. The second kappa shape index (κ2) is 12.8. The fourth-order valence-electron chi connectivity index (χ4n) is 4.24. The third-order valence-electron chi connectivity index (χ3n) is 6.11. The van der Waals surface area contributed by atoms with Crippen molar-refractivity contribution in [1.29, 1.82) is 0 Å². The normalized spacial score (nSPS) is 13.4. The summed E-state index contributed by atoms with van der Waals surface area (Å²) in [6.07, 6.45) is 4.19. The van der Waals surface area contributed by atoms with Gasteiger partial charge in [-0.25, -0.2) is 9.99 Å². The van der Waals surface area contributed by atoms with Crippen molar-refractivity contribution in [3.63, 3.8) is 0 Å². The molecule has 0 aliphatic carbocycles. The van der Waals surface area contributed by atoms with E-state index in [9.17, 15) is 14.9 Å². The van der Waals surface area contributed by atoms with Crippen molar-refractivity contribution >= 4 is 29.1 Å². The van der Waals surface area contributed by atoms with Gasteiger partial charge < -0.3 is 4.84 Å². The van der Waals surface area contributed by atoms with E-state index in [1.165, 1.54) is 0 Å². The van der Waals surface area contributed by atoms with Crippen LogP contribution in [0.15, 0.2) is 42.5 Å². The quantitative estimate of drug-likeness (QED) is 0.167. The Balaban J connectivity index is 1.62. The van der Waals surface area contributed by atoms with Gasteiger partial charge in [-0.05, 0) is 68.7 Å². The maximum Gasteiger partial charge on any atom is 0.294 e. The number of halogens is 2. The van der Waals surface area contributed by atoms with Gasteiger partial charge in [0.05, 0.1) is 17.3 Å². The Hall–Kier alpha value is -3.58. The fraction of sp³-hybridized carbons (Fsp3) is 0.333. The molecule has 0 unspecified atom stereocenters. The van der Waals surface area contributed by atoms with Crippen LogP contribution in [0.25, 0.3) is 17.1 Å². The number of unbranched alkanes of at least 4 members (excludes halogenated alkanes) is 1. The molecule has 1 saturated heterocycles. The summed E-state index contributed by atoms with van der Waals surface area (Å²) in [5.41, 5.74) is 6.21. The molecule has 1 aliphatic heterocycles. The van der Waals surface area contributed by atoms with Crippen molar-refractivity contribution in [3.05, 3.63) is 79.6 Å². The third-order valence-corrected chi connectivity index (χ3v) is 6.66. The van der Waals surface area contributed by atoms with Crippen LogP contribution in [-0.4, -0.2) is 45.3 Å². The van der Waals surface area contributed by atoms with Crippen molar-refractivity contribution in [2.24, 2.45) is 0 Å². The van der Waals surface area contributed by atoms with Crippen LogP contribution in [0.2, 0.25) is 10.0 Å². The van der Waals surface area contributed by atoms with Crippen LogP contribution in [0.1, 0.15) is 53.8 Å². The smallest absolute Gasteiger partial charge is 0.294 e. The highest BCUT2D eigenvalue weighted by Crippen LogP contribution is 2.33. The second-order valence-electron chi connectivity index (χ2n) is 8.83. The lowest BCUT2D eigenvalue weighted by molar-refractivity contribution is -0.757. The molecule has 0 spiro atoms. The van der Waals surface area contributed by atoms with E-state index >= 15 is 0 Å². The highest BCUT2D eigenvalue weighted by atomic mass is 35.5. The predicted octanol–water partition coefficient (Wildman–Crippen LogP) is 5.63. The lowest BCUT2D eigenvalue weighted by Crippen LogP contribution is -2.45. The summed E-state index contributed by atoms with van der Waals surface area (Å²) < 4.78 is 1.90. The fourth-order valence-corrected chi connectivity index (χ4v) is 4.74. The topological polar surface area (TPSA) is 103 Å². The molecule has 3 aromatic rings. The number of nitrogens with one attached hydrogen (secondary N) is 1. The summed E-state index contributed by atoms with van der Waals surface area (Å²) >= 11 is 12.7. The van der Waals surface area contributed by atoms with Crippen molar-refractivity contribution in [2.75, 3.05) is 19.7 Å². The first-order chi connectivity index (χ1) is 18.3. The number of piperidine rings is 1. The van der Waals surface area contributed by atoms with E-state index in [-0.39, 0.29) is 12.5 Å². The monoisotopic (exact) mass is 555 g/mol. The molecule has 198 valence electrons. The molecule has 1 N–H and O–H groups in total. The van der Waals surface area contributed by atoms with Gasteiger partial charge in [-0.1, -0.05) is 41.5 Å². The van der Waals surface area contributed by atoms with Gasteiger partial charge in [-0.2, -0.15) is 0 Å². The number of hydrazine groups is 1. The van der Waals surface area contributed by atoms with E-state index in [2.05, 4.69) is 22.1 Å². The van der Waals surface area contributed by atoms with Crippen LogP contribution in [0.5, 0.6) is 0 Å². The van der Waals surface area contributed by atoms with Crippen LogP contribution in [0.4, 0.5) is 0 Å². The first-order valence-corrected chi connectivity index (χ1v) is 13.1. The minimum atomic E-state index is -0.807. The first kappa shape index (κ1) is 27.5. The summed E-state index contributed by atoms with van der Waals surface area (Å²) in [6.45, 7) is 3.50. The van der Waals surface area contributed by atoms with Crippen LogP contribution in [0.3, 0.4) is 0 Å². The molecule has 1 aromatic heterocycles. The maximum absolute atomic E-state index is 13.2. The minimum absolute atomic E-state index is 0.0181. The van der Waals surface area contributed by atoms with Gasteiger partial charge in [0, 0.05) is 41.3 Å². The Kier molecular flexibility index (Phi) is 9.24. The number of aromatic nitrogens is 2. The highest BCUT2D eigenvalue weighted by Gasteiger charge is 2.24. The van der Waals surface area contributed by atoms with Crippen LogP contribution >= 0.6 is 23.2 Å². The number of hydrogen-bond acceptors (Lipinski definition) is 6.